The number of para-hydroxylation sites is 1. The second-order valence-corrected chi connectivity index (χ2v) is 5.51. The summed E-state index contributed by atoms with van der Waals surface area (Å²) in [7, 11) is 0. The Kier molecular flexibility index (Phi) is 3.16. The fraction of sp³-hybridized carbons (Fsp3) is 0.600. The van der Waals surface area contributed by atoms with Crippen LogP contribution < -0.4 is 10.1 Å². The molecule has 1 N–H and O–H groups in total. The van der Waals surface area contributed by atoms with Crippen molar-refractivity contribution in [2.24, 2.45) is 0 Å². The molecule has 0 saturated carbocycles. The molecule has 3 rings (SSSR count). The highest BCUT2D eigenvalue weighted by atomic mass is 16.5. The first-order chi connectivity index (χ1) is 8.77. The van der Waals surface area contributed by atoms with E-state index in [1.807, 2.05) is 6.07 Å². The van der Waals surface area contributed by atoms with E-state index in [-0.39, 0.29) is 5.60 Å². The van der Waals surface area contributed by atoms with Crippen LogP contribution in [0.15, 0.2) is 18.2 Å². The molecular weight excluding hydrogens is 226 g/mol. The van der Waals surface area contributed by atoms with Gasteiger partial charge in [-0.2, -0.15) is 0 Å². The van der Waals surface area contributed by atoms with Gasteiger partial charge >= 0.3 is 0 Å². The standard InChI is InChI=1S/C15H21NO2/c1-15(8-2-3-10-18-15)11-17-13-6-4-5-12-7-9-16-14(12)13/h4-6,16H,2-3,7-11H2,1H3. The van der Waals surface area contributed by atoms with Gasteiger partial charge in [0.15, 0.2) is 0 Å². The molecule has 0 radical (unpaired) electrons. The van der Waals surface area contributed by atoms with Crippen LogP contribution in [0.2, 0.25) is 0 Å². The molecule has 1 aromatic rings. The molecule has 3 nitrogen and oxygen atoms in total. The highest BCUT2D eigenvalue weighted by molar-refractivity contribution is 5.65. The van der Waals surface area contributed by atoms with Gasteiger partial charge in [-0.25, -0.2) is 0 Å². The van der Waals surface area contributed by atoms with Gasteiger partial charge in [-0.1, -0.05) is 12.1 Å². The van der Waals surface area contributed by atoms with Crippen molar-refractivity contribution >= 4 is 5.69 Å². The third kappa shape index (κ3) is 2.32. The van der Waals surface area contributed by atoms with Gasteiger partial charge in [0.1, 0.15) is 12.4 Å². The van der Waals surface area contributed by atoms with Crippen LogP contribution in [0.25, 0.3) is 0 Å². The number of ether oxygens (including phenoxy) is 2. The van der Waals surface area contributed by atoms with Crippen molar-refractivity contribution in [3.63, 3.8) is 0 Å². The molecule has 0 aromatic heterocycles. The van der Waals surface area contributed by atoms with Gasteiger partial charge in [-0.05, 0) is 44.2 Å². The zero-order valence-corrected chi connectivity index (χ0v) is 11.0. The summed E-state index contributed by atoms with van der Waals surface area (Å²) in [5.74, 6) is 0.973. The lowest BCUT2D eigenvalue weighted by atomic mass is 9.97. The molecule has 3 heteroatoms. The smallest absolute Gasteiger partial charge is 0.142 e. The van der Waals surface area contributed by atoms with Crippen LogP contribution in [-0.4, -0.2) is 25.4 Å². The van der Waals surface area contributed by atoms with Crippen LogP contribution in [0.3, 0.4) is 0 Å². The van der Waals surface area contributed by atoms with E-state index in [0.717, 1.165) is 31.7 Å². The molecule has 1 aromatic carbocycles. The molecule has 2 heterocycles. The molecule has 18 heavy (non-hydrogen) atoms. The van der Waals surface area contributed by atoms with E-state index in [4.69, 9.17) is 9.47 Å². The molecular formula is C15H21NO2. The molecule has 1 unspecified atom stereocenters. The summed E-state index contributed by atoms with van der Waals surface area (Å²) in [5, 5.41) is 3.40. The first kappa shape index (κ1) is 11.8. The molecule has 1 atom stereocenters. The number of benzene rings is 1. The Balaban J connectivity index is 1.68. The number of hydrogen-bond donors (Lipinski definition) is 1. The SMILES string of the molecule is CC1(COc2cccc3c2NCC3)CCCCO1. The molecule has 1 saturated heterocycles. The largest absolute Gasteiger partial charge is 0.488 e. The van der Waals surface area contributed by atoms with Gasteiger partial charge in [-0.3, -0.25) is 0 Å². The normalized spacial score (nSPS) is 26.5. The summed E-state index contributed by atoms with van der Waals surface area (Å²) in [5.41, 5.74) is 2.43. The summed E-state index contributed by atoms with van der Waals surface area (Å²) < 4.78 is 11.9. The molecule has 98 valence electrons. The van der Waals surface area contributed by atoms with Crippen LogP contribution in [0.5, 0.6) is 5.75 Å². The monoisotopic (exact) mass is 247 g/mol. The Morgan fingerprint density at radius 2 is 2.33 bits per heavy atom. The Morgan fingerprint density at radius 1 is 1.39 bits per heavy atom. The van der Waals surface area contributed by atoms with Gasteiger partial charge in [0.2, 0.25) is 0 Å². The molecule has 0 spiro atoms. The molecule has 0 amide bonds. The number of anilines is 1. The molecule has 2 aliphatic heterocycles. The quantitative estimate of drug-likeness (QED) is 0.890. The van der Waals surface area contributed by atoms with Crippen molar-refractivity contribution in [3.05, 3.63) is 23.8 Å². The topological polar surface area (TPSA) is 30.5 Å². The van der Waals surface area contributed by atoms with Crippen LogP contribution >= 0.6 is 0 Å². The van der Waals surface area contributed by atoms with E-state index in [2.05, 4.69) is 24.4 Å². The minimum Gasteiger partial charge on any atom is -0.488 e. The van der Waals surface area contributed by atoms with Crippen molar-refractivity contribution in [2.45, 2.75) is 38.2 Å². The second kappa shape index (κ2) is 4.81. The van der Waals surface area contributed by atoms with Crippen LogP contribution in [0.4, 0.5) is 5.69 Å². The Hall–Kier alpha value is -1.22. The van der Waals surface area contributed by atoms with Gasteiger partial charge in [0.05, 0.1) is 11.3 Å². The van der Waals surface area contributed by atoms with E-state index in [1.54, 1.807) is 0 Å². The predicted molar refractivity (Wildman–Crippen MR) is 72.3 cm³/mol. The summed E-state index contributed by atoms with van der Waals surface area (Å²) in [6.45, 7) is 4.68. The Bertz CT molecular complexity index is 425. The highest BCUT2D eigenvalue weighted by Crippen LogP contribution is 2.34. The zero-order chi connectivity index (χ0) is 12.4. The third-order valence-corrected chi connectivity index (χ3v) is 3.89. The Morgan fingerprint density at radius 3 is 3.17 bits per heavy atom. The van der Waals surface area contributed by atoms with Crippen molar-refractivity contribution in [2.75, 3.05) is 25.1 Å². The van der Waals surface area contributed by atoms with E-state index in [1.165, 1.54) is 24.1 Å². The molecule has 0 bridgehead atoms. The van der Waals surface area contributed by atoms with Gasteiger partial charge < -0.3 is 14.8 Å². The van der Waals surface area contributed by atoms with Crippen LogP contribution in [0.1, 0.15) is 31.7 Å². The van der Waals surface area contributed by atoms with Gasteiger partial charge in [0.25, 0.3) is 0 Å². The maximum absolute atomic E-state index is 6.00. The fourth-order valence-corrected chi connectivity index (χ4v) is 2.76. The zero-order valence-electron chi connectivity index (χ0n) is 11.0. The Labute approximate surface area is 108 Å². The van der Waals surface area contributed by atoms with Crippen molar-refractivity contribution in [3.8, 4) is 5.75 Å². The molecule has 2 aliphatic rings. The summed E-state index contributed by atoms with van der Waals surface area (Å²) >= 11 is 0. The van der Waals surface area contributed by atoms with E-state index in [0.29, 0.717) is 6.61 Å². The maximum atomic E-state index is 6.00. The van der Waals surface area contributed by atoms with Crippen molar-refractivity contribution in [1.82, 2.24) is 0 Å². The van der Waals surface area contributed by atoms with Gasteiger partial charge in [0, 0.05) is 13.2 Å². The number of fused-ring (bicyclic) bond motifs is 1. The first-order valence-corrected chi connectivity index (χ1v) is 6.89. The lowest BCUT2D eigenvalue weighted by molar-refractivity contribution is -0.0887. The number of hydrogen-bond acceptors (Lipinski definition) is 3. The fourth-order valence-electron chi connectivity index (χ4n) is 2.76. The summed E-state index contributed by atoms with van der Waals surface area (Å²) in [6, 6.07) is 6.29. The lowest BCUT2D eigenvalue weighted by Crippen LogP contribution is -2.38. The summed E-state index contributed by atoms with van der Waals surface area (Å²) in [4.78, 5) is 0. The van der Waals surface area contributed by atoms with Crippen molar-refractivity contribution < 1.29 is 9.47 Å². The average molecular weight is 247 g/mol. The minimum atomic E-state index is -0.112. The first-order valence-electron chi connectivity index (χ1n) is 6.89. The predicted octanol–water partition coefficient (Wildman–Crippen LogP) is 2.99. The number of nitrogens with one attached hydrogen (secondary N) is 1. The second-order valence-electron chi connectivity index (χ2n) is 5.51. The van der Waals surface area contributed by atoms with E-state index >= 15 is 0 Å². The molecule has 0 aliphatic carbocycles. The average Bonchev–Trinajstić information content (AvgIpc) is 2.86. The number of rotatable bonds is 3. The van der Waals surface area contributed by atoms with Crippen LogP contribution in [0, 0.1) is 0 Å². The highest BCUT2D eigenvalue weighted by Gasteiger charge is 2.29. The van der Waals surface area contributed by atoms with E-state index in [9.17, 15) is 0 Å². The lowest BCUT2D eigenvalue weighted by Gasteiger charge is -2.33. The maximum Gasteiger partial charge on any atom is 0.142 e. The minimum absolute atomic E-state index is 0.112. The van der Waals surface area contributed by atoms with Crippen LogP contribution in [-0.2, 0) is 11.2 Å². The van der Waals surface area contributed by atoms with Crippen molar-refractivity contribution in [1.29, 1.82) is 0 Å². The van der Waals surface area contributed by atoms with E-state index < -0.39 is 0 Å². The summed E-state index contributed by atoms with van der Waals surface area (Å²) in [6.07, 6.45) is 4.61. The third-order valence-electron chi connectivity index (χ3n) is 3.89. The molecule has 1 fully saturated rings. The van der Waals surface area contributed by atoms with Gasteiger partial charge in [-0.15, -0.1) is 0 Å².